The van der Waals surface area contributed by atoms with Gasteiger partial charge in [0.1, 0.15) is 5.82 Å². The highest BCUT2D eigenvalue weighted by Crippen LogP contribution is 2.35. The van der Waals surface area contributed by atoms with E-state index in [2.05, 4.69) is 30.6 Å². The normalized spacial score (nSPS) is 12.5. The molecule has 0 unspecified atom stereocenters. The Kier molecular flexibility index (Phi) is 14.5. The zero-order chi connectivity index (χ0) is 42.3. The Hall–Kier alpha value is -6.07. The second-order valence-corrected chi connectivity index (χ2v) is 15.3. The van der Waals surface area contributed by atoms with Crippen molar-refractivity contribution in [2.24, 2.45) is 11.5 Å². The van der Waals surface area contributed by atoms with Crippen molar-refractivity contribution < 1.29 is 35.3 Å². The maximum Gasteiger partial charge on any atom is 0.416 e. The standard InChI is InChI=1S/C20H16F4N4S.C20H18F3N5OS.CH4/c1-26-17-9-13(4-7-16(17)21)18-11-28-19(29-18)27-10-15(25)8-12-2-5-14(6-3-12)20(22,23)24;21-20(22,23)13-4-1-11(2-5-13)7-14(24)9-26-19-27-10-17(30-19)12-3-6-16-15(8-12)18(25)28-29-16;/h2-7,9,11,15H,8,10,25H2,(H,27,28);1-6,8,10,14H,7,9,24H2,(H2,25,28)(H,26,27);1H4/t15-;14-;/m00./s1. The highest BCUT2D eigenvalue weighted by atomic mass is 32.1. The summed E-state index contributed by atoms with van der Waals surface area (Å²) in [4.78, 5) is 13.5. The number of anilines is 3. The molecule has 0 fully saturated rings. The number of hydrogen-bond acceptors (Lipinski definition) is 11. The first-order chi connectivity index (χ1) is 28.0. The van der Waals surface area contributed by atoms with Gasteiger partial charge in [0.25, 0.3) is 0 Å². The van der Waals surface area contributed by atoms with E-state index in [1.54, 1.807) is 24.5 Å². The van der Waals surface area contributed by atoms with Crippen LogP contribution in [0.5, 0.6) is 0 Å². The maximum atomic E-state index is 13.5. The van der Waals surface area contributed by atoms with Crippen LogP contribution in [0.3, 0.4) is 0 Å². The summed E-state index contributed by atoms with van der Waals surface area (Å²) in [6, 6.07) is 19.3. The van der Waals surface area contributed by atoms with Gasteiger partial charge >= 0.3 is 12.4 Å². The Bertz CT molecular complexity index is 2530. The molecule has 0 aliphatic carbocycles. The first kappa shape index (κ1) is 45.0. The number of fused-ring (bicyclic) bond motifs is 1. The quantitative estimate of drug-likeness (QED) is 0.0595. The van der Waals surface area contributed by atoms with Crippen LogP contribution >= 0.6 is 22.7 Å². The van der Waals surface area contributed by atoms with Crippen LogP contribution in [0.15, 0.2) is 102 Å². The minimum Gasteiger partial charge on any atom is -0.380 e. The third-order valence-corrected chi connectivity index (χ3v) is 10.7. The average molecular weight is 870 g/mol. The summed E-state index contributed by atoms with van der Waals surface area (Å²) in [6.07, 6.45) is -4.46. The fraction of sp³-hybridized carbons (Fsp3) is 0.220. The van der Waals surface area contributed by atoms with Crippen LogP contribution in [0.2, 0.25) is 0 Å². The van der Waals surface area contributed by atoms with E-state index in [9.17, 15) is 30.7 Å². The molecule has 4 aromatic carbocycles. The molecule has 8 N–H and O–H groups in total. The fourth-order valence-electron chi connectivity index (χ4n) is 5.69. The summed E-state index contributed by atoms with van der Waals surface area (Å²) in [6.45, 7) is 7.80. The number of nitrogens with one attached hydrogen (secondary N) is 2. The predicted molar refractivity (Wildman–Crippen MR) is 223 cm³/mol. The number of halogens is 7. The first-order valence-electron chi connectivity index (χ1n) is 17.6. The molecule has 60 heavy (non-hydrogen) atoms. The summed E-state index contributed by atoms with van der Waals surface area (Å²) in [5, 5.41) is 12.1. The fourth-order valence-corrected chi connectivity index (χ4v) is 7.33. The molecular weight excluding hydrogens is 832 g/mol. The van der Waals surface area contributed by atoms with Gasteiger partial charge in [0.15, 0.2) is 21.7 Å². The lowest BCUT2D eigenvalue weighted by molar-refractivity contribution is -0.138. The van der Waals surface area contributed by atoms with E-state index in [1.807, 2.05) is 12.1 Å². The highest BCUT2D eigenvalue weighted by Gasteiger charge is 2.31. The predicted octanol–water partition coefficient (Wildman–Crippen LogP) is 10.7. The van der Waals surface area contributed by atoms with Crippen molar-refractivity contribution in [3.05, 3.63) is 137 Å². The molecule has 0 radical (unpaired) electrons. The Morgan fingerprint density at radius 3 is 1.63 bits per heavy atom. The molecule has 0 aliphatic rings. The molecule has 0 aliphatic heterocycles. The third kappa shape index (κ3) is 11.8. The highest BCUT2D eigenvalue weighted by molar-refractivity contribution is 7.19. The molecule has 0 saturated carbocycles. The van der Waals surface area contributed by atoms with Crippen molar-refractivity contribution in [3.63, 3.8) is 0 Å². The van der Waals surface area contributed by atoms with E-state index in [-0.39, 0.29) is 25.2 Å². The lowest BCUT2D eigenvalue weighted by Crippen LogP contribution is -2.31. The molecule has 0 spiro atoms. The lowest BCUT2D eigenvalue weighted by Gasteiger charge is -2.13. The van der Waals surface area contributed by atoms with Crippen molar-refractivity contribution in [1.82, 2.24) is 15.1 Å². The van der Waals surface area contributed by atoms with Gasteiger partial charge in [-0.3, -0.25) is 0 Å². The van der Waals surface area contributed by atoms with E-state index in [4.69, 9.17) is 28.3 Å². The average Bonchev–Trinajstić information content (AvgIpc) is 3.97. The number of hydrogen-bond donors (Lipinski definition) is 5. The van der Waals surface area contributed by atoms with Crippen molar-refractivity contribution in [3.8, 4) is 20.9 Å². The SMILES string of the molecule is C.Nc1noc2ccc(-c3cnc(NC[C@@H](N)Cc4ccc(C(F)(F)F)cc4)s3)cc12.[C-]#[N+]c1cc(-c2cnc(NC[C@@H](N)Cc3ccc(C(F)(F)F)cc3)s2)ccc1F. The van der Waals surface area contributed by atoms with Gasteiger partial charge in [-0.1, -0.05) is 65.6 Å². The molecule has 3 heterocycles. The number of rotatable bonds is 12. The van der Waals surface area contributed by atoms with Gasteiger partial charge in [-0.05, 0) is 89.7 Å². The Labute approximate surface area is 348 Å². The summed E-state index contributed by atoms with van der Waals surface area (Å²) in [7, 11) is 0. The van der Waals surface area contributed by atoms with Gasteiger partial charge in [0.2, 0.25) is 5.69 Å². The van der Waals surface area contributed by atoms with Crippen LogP contribution in [-0.4, -0.2) is 40.3 Å². The molecule has 3 aromatic heterocycles. The van der Waals surface area contributed by atoms with Gasteiger partial charge in [0.05, 0.1) is 32.8 Å². The summed E-state index contributed by atoms with van der Waals surface area (Å²) < 4.78 is 94.3. The first-order valence-corrected chi connectivity index (χ1v) is 19.2. The van der Waals surface area contributed by atoms with Crippen LogP contribution in [0.1, 0.15) is 29.7 Å². The second-order valence-electron chi connectivity index (χ2n) is 13.2. The maximum absolute atomic E-state index is 13.5. The number of benzene rings is 4. The van der Waals surface area contributed by atoms with Gasteiger partial charge in [-0.15, -0.1) is 0 Å². The monoisotopic (exact) mass is 869 g/mol. The van der Waals surface area contributed by atoms with Gasteiger partial charge < -0.3 is 32.4 Å². The van der Waals surface area contributed by atoms with Crippen molar-refractivity contribution >= 4 is 55.4 Å². The summed E-state index contributed by atoms with van der Waals surface area (Å²) in [5.41, 5.74) is 20.3. The van der Waals surface area contributed by atoms with Gasteiger partial charge in [-0.25, -0.2) is 19.2 Å². The van der Waals surface area contributed by atoms with E-state index in [0.29, 0.717) is 58.7 Å². The summed E-state index contributed by atoms with van der Waals surface area (Å²) >= 11 is 2.80. The molecule has 0 saturated heterocycles. The van der Waals surface area contributed by atoms with Gasteiger partial charge in [0, 0.05) is 37.6 Å². The van der Waals surface area contributed by atoms with E-state index >= 15 is 0 Å². The van der Waals surface area contributed by atoms with Crippen molar-refractivity contribution in [2.75, 3.05) is 29.5 Å². The van der Waals surface area contributed by atoms with E-state index < -0.39 is 29.3 Å². The summed E-state index contributed by atoms with van der Waals surface area (Å²) in [5.74, 6) is -0.232. The van der Waals surface area contributed by atoms with Gasteiger partial charge in [-0.2, -0.15) is 26.3 Å². The number of alkyl halides is 6. The van der Waals surface area contributed by atoms with Crippen LogP contribution in [0.25, 0.3) is 36.7 Å². The van der Waals surface area contributed by atoms with Crippen molar-refractivity contribution in [1.29, 1.82) is 0 Å². The minimum atomic E-state index is -4.36. The molecule has 10 nitrogen and oxygen atoms in total. The Morgan fingerprint density at radius 1 is 0.700 bits per heavy atom. The number of nitrogens with zero attached hydrogens (tertiary/aromatic N) is 4. The Balaban J connectivity index is 0.000000224. The van der Waals surface area contributed by atoms with Crippen LogP contribution < -0.4 is 27.8 Å². The van der Waals surface area contributed by atoms with E-state index in [1.165, 1.54) is 59.1 Å². The zero-order valence-corrected chi connectivity index (χ0v) is 32.2. The van der Waals surface area contributed by atoms with Crippen LogP contribution in [0, 0.1) is 12.4 Å². The van der Waals surface area contributed by atoms with Crippen molar-refractivity contribution in [2.45, 2.75) is 44.7 Å². The molecular formula is C41H38F7N9OS2. The molecule has 0 bridgehead atoms. The minimum absolute atomic E-state index is 0. The topological polar surface area (TPSA) is 158 Å². The van der Waals surface area contributed by atoms with Crippen LogP contribution in [0.4, 0.5) is 52.5 Å². The zero-order valence-electron chi connectivity index (χ0n) is 30.6. The number of nitrogens with two attached hydrogens (primary N) is 3. The lowest BCUT2D eigenvalue weighted by atomic mass is 10.0. The van der Waals surface area contributed by atoms with E-state index in [0.717, 1.165) is 50.5 Å². The molecule has 7 rings (SSSR count). The second kappa shape index (κ2) is 19.3. The Morgan fingerprint density at radius 2 is 1.17 bits per heavy atom. The molecule has 314 valence electrons. The largest absolute Gasteiger partial charge is 0.416 e. The number of aromatic nitrogens is 3. The molecule has 2 atom stereocenters. The smallest absolute Gasteiger partial charge is 0.380 e. The van der Waals surface area contributed by atoms with Crippen LogP contribution in [-0.2, 0) is 25.2 Å². The third-order valence-electron chi connectivity index (χ3n) is 8.73. The number of nitrogen functional groups attached to an aromatic ring is 1. The number of thiazole rings is 2. The molecule has 19 heteroatoms. The molecule has 7 aromatic rings. The molecule has 0 amide bonds.